The van der Waals surface area contributed by atoms with E-state index in [1.807, 2.05) is 24.3 Å². The molecule has 6 nitrogen and oxygen atoms in total. The average molecular weight is 484 g/mol. The van der Waals surface area contributed by atoms with Crippen molar-refractivity contribution in [1.82, 2.24) is 20.1 Å². The van der Waals surface area contributed by atoms with E-state index in [2.05, 4.69) is 15.4 Å². The number of carbonyl (C=O) groups excluding carboxylic acids is 1. The number of amides is 1. The Morgan fingerprint density at radius 1 is 1.17 bits per heavy atom. The molecule has 2 aromatic heterocycles. The van der Waals surface area contributed by atoms with E-state index >= 15 is 0 Å². The second kappa shape index (κ2) is 8.68. The molecule has 0 fully saturated rings. The molecule has 10 heteroatoms. The van der Waals surface area contributed by atoms with Crippen LogP contribution in [-0.4, -0.2) is 27.3 Å². The Morgan fingerprint density at radius 3 is 2.74 bits per heavy atom. The first-order valence-electron chi connectivity index (χ1n) is 10.9. The highest BCUT2D eigenvalue weighted by Crippen LogP contribution is 2.40. The van der Waals surface area contributed by atoms with Crippen LogP contribution >= 0.6 is 0 Å². The Hall–Kier alpha value is -3.95. The molecular formula is C25H20F4N4O2. The van der Waals surface area contributed by atoms with Crippen molar-refractivity contribution in [3.63, 3.8) is 0 Å². The van der Waals surface area contributed by atoms with Gasteiger partial charge in [0, 0.05) is 18.7 Å². The van der Waals surface area contributed by atoms with Crippen LogP contribution in [0.25, 0.3) is 22.3 Å². The van der Waals surface area contributed by atoms with E-state index in [9.17, 15) is 22.4 Å². The van der Waals surface area contributed by atoms with Gasteiger partial charge in [0.25, 0.3) is 5.91 Å². The summed E-state index contributed by atoms with van der Waals surface area (Å²) in [7, 11) is 1.44. The van der Waals surface area contributed by atoms with Crippen molar-refractivity contribution in [2.75, 3.05) is 6.61 Å². The van der Waals surface area contributed by atoms with Crippen LogP contribution in [0, 0.1) is 5.82 Å². The number of nitrogens with one attached hydrogen (secondary N) is 1. The van der Waals surface area contributed by atoms with E-state index in [1.54, 1.807) is 0 Å². The van der Waals surface area contributed by atoms with Crippen LogP contribution in [-0.2, 0) is 24.4 Å². The van der Waals surface area contributed by atoms with Gasteiger partial charge < -0.3 is 10.1 Å². The molecule has 0 unspecified atom stereocenters. The second-order valence-corrected chi connectivity index (χ2v) is 8.33. The molecule has 35 heavy (non-hydrogen) atoms. The average Bonchev–Trinajstić information content (AvgIpc) is 3.38. The first kappa shape index (κ1) is 22.8. The van der Waals surface area contributed by atoms with Crippen LogP contribution in [0.3, 0.4) is 0 Å². The van der Waals surface area contributed by atoms with E-state index in [0.29, 0.717) is 0 Å². The van der Waals surface area contributed by atoms with Crippen LogP contribution in [0.15, 0.2) is 54.6 Å². The highest BCUT2D eigenvalue weighted by atomic mass is 19.4. The standard InChI is InChI=1S/C25H20F4N4O2/c1-33-24-22(23(32-33)15-6-4-7-16(26)11-15)18(25(27,28)29)12-21(31-24)35-13-20(34)30-19-10-9-14-5-2-3-8-17(14)19/h2-8,11-12,19H,9-10,13H2,1H3,(H,30,34)/t19-/m0/s1. The number of fused-ring (bicyclic) bond motifs is 2. The summed E-state index contributed by atoms with van der Waals surface area (Å²) in [6.07, 6.45) is -3.19. The van der Waals surface area contributed by atoms with Crippen molar-refractivity contribution in [2.24, 2.45) is 7.05 Å². The number of nitrogens with zero attached hydrogens (tertiary/aromatic N) is 3. The minimum atomic E-state index is -4.76. The number of aromatic nitrogens is 3. The zero-order valence-electron chi connectivity index (χ0n) is 18.6. The van der Waals surface area contributed by atoms with Gasteiger partial charge in [0.1, 0.15) is 11.5 Å². The lowest BCUT2D eigenvalue weighted by molar-refractivity contribution is -0.136. The minimum absolute atomic E-state index is 0.0500. The first-order valence-corrected chi connectivity index (χ1v) is 10.9. The fourth-order valence-electron chi connectivity index (χ4n) is 4.44. The van der Waals surface area contributed by atoms with Gasteiger partial charge >= 0.3 is 6.18 Å². The van der Waals surface area contributed by atoms with Crippen molar-refractivity contribution >= 4 is 16.9 Å². The summed E-state index contributed by atoms with van der Waals surface area (Å²) in [5.74, 6) is -1.42. The molecule has 0 aliphatic heterocycles. The molecule has 180 valence electrons. The number of carbonyl (C=O) groups is 1. The van der Waals surface area contributed by atoms with Gasteiger partial charge in [-0.2, -0.15) is 23.3 Å². The van der Waals surface area contributed by atoms with Crippen molar-refractivity contribution in [2.45, 2.75) is 25.1 Å². The molecule has 1 N–H and O–H groups in total. The lowest BCUT2D eigenvalue weighted by atomic mass is 10.0. The summed E-state index contributed by atoms with van der Waals surface area (Å²) in [5, 5.41) is 6.74. The highest BCUT2D eigenvalue weighted by Gasteiger charge is 2.36. The van der Waals surface area contributed by atoms with E-state index in [0.717, 1.165) is 36.1 Å². The van der Waals surface area contributed by atoms with E-state index in [4.69, 9.17) is 4.74 Å². The molecule has 0 bridgehead atoms. The molecule has 0 spiro atoms. The topological polar surface area (TPSA) is 69.0 Å². The molecule has 0 radical (unpaired) electrons. The molecule has 2 heterocycles. The van der Waals surface area contributed by atoms with Crippen LogP contribution < -0.4 is 10.1 Å². The first-order chi connectivity index (χ1) is 16.7. The number of halogens is 4. The molecule has 0 saturated heterocycles. The normalized spacial score (nSPS) is 15.3. The third-order valence-corrected chi connectivity index (χ3v) is 5.99. The van der Waals surface area contributed by atoms with Crippen LogP contribution in [0.5, 0.6) is 5.88 Å². The third kappa shape index (κ3) is 4.43. The van der Waals surface area contributed by atoms with E-state index in [1.165, 1.54) is 29.9 Å². The smallest absolute Gasteiger partial charge is 0.417 e. The Kier molecular flexibility index (Phi) is 5.66. The zero-order chi connectivity index (χ0) is 24.7. The van der Waals surface area contributed by atoms with Gasteiger partial charge in [0.15, 0.2) is 12.3 Å². The number of benzene rings is 2. The number of ether oxygens (including phenoxy) is 1. The third-order valence-electron chi connectivity index (χ3n) is 5.99. The van der Waals surface area contributed by atoms with Crippen LogP contribution in [0.1, 0.15) is 29.2 Å². The van der Waals surface area contributed by atoms with Gasteiger partial charge in [-0.15, -0.1) is 0 Å². The molecule has 2 aromatic carbocycles. The molecule has 4 aromatic rings. The predicted molar refractivity (Wildman–Crippen MR) is 120 cm³/mol. The summed E-state index contributed by atoms with van der Waals surface area (Å²) in [6.45, 7) is -0.497. The van der Waals surface area contributed by atoms with Crippen molar-refractivity contribution in [3.05, 3.63) is 77.1 Å². The Morgan fingerprint density at radius 2 is 1.97 bits per heavy atom. The molecule has 1 aliphatic carbocycles. The number of aryl methyl sites for hydroxylation is 2. The van der Waals surface area contributed by atoms with Gasteiger partial charge in [-0.3, -0.25) is 4.79 Å². The molecule has 1 atom stereocenters. The van der Waals surface area contributed by atoms with E-state index in [-0.39, 0.29) is 34.2 Å². The van der Waals surface area contributed by atoms with Crippen molar-refractivity contribution in [1.29, 1.82) is 0 Å². The Labute approximate surface area is 197 Å². The van der Waals surface area contributed by atoms with Crippen LogP contribution in [0.4, 0.5) is 17.6 Å². The largest absolute Gasteiger partial charge is 0.467 e. The second-order valence-electron chi connectivity index (χ2n) is 8.33. The number of alkyl halides is 3. The van der Waals surface area contributed by atoms with Gasteiger partial charge in [0.05, 0.1) is 17.0 Å². The predicted octanol–water partition coefficient (Wildman–Crippen LogP) is 4.98. The van der Waals surface area contributed by atoms with Gasteiger partial charge in [-0.05, 0) is 36.1 Å². The summed E-state index contributed by atoms with van der Waals surface area (Å²) in [5.41, 5.74) is 1.19. The monoisotopic (exact) mass is 484 g/mol. The molecule has 5 rings (SSSR count). The number of rotatable bonds is 5. The van der Waals surface area contributed by atoms with Gasteiger partial charge in [0.2, 0.25) is 5.88 Å². The van der Waals surface area contributed by atoms with E-state index < -0.39 is 30.1 Å². The van der Waals surface area contributed by atoms with Crippen molar-refractivity contribution in [3.8, 4) is 17.1 Å². The van der Waals surface area contributed by atoms with Crippen molar-refractivity contribution < 1.29 is 27.1 Å². The lowest BCUT2D eigenvalue weighted by Gasteiger charge is -2.15. The minimum Gasteiger partial charge on any atom is -0.467 e. The summed E-state index contributed by atoms with van der Waals surface area (Å²) in [4.78, 5) is 16.6. The maximum Gasteiger partial charge on any atom is 0.417 e. The quantitative estimate of drug-likeness (QED) is 0.406. The molecule has 0 saturated carbocycles. The maximum atomic E-state index is 14.0. The number of hydrogen-bond donors (Lipinski definition) is 1. The fraction of sp³-hybridized carbons (Fsp3) is 0.240. The summed E-state index contributed by atoms with van der Waals surface area (Å²) in [6, 6.07) is 13.5. The zero-order valence-corrected chi connectivity index (χ0v) is 18.6. The van der Waals surface area contributed by atoms with Gasteiger partial charge in [-0.1, -0.05) is 36.4 Å². The lowest BCUT2D eigenvalue weighted by Crippen LogP contribution is -2.31. The van der Waals surface area contributed by atoms with Crippen LogP contribution in [0.2, 0.25) is 0 Å². The summed E-state index contributed by atoms with van der Waals surface area (Å²) >= 11 is 0. The maximum absolute atomic E-state index is 14.0. The number of hydrogen-bond acceptors (Lipinski definition) is 4. The molecule has 1 aliphatic rings. The Balaban J connectivity index is 1.42. The Bertz CT molecular complexity index is 1430. The fourth-order valence-corrected chi connectivity index (χ4v) is 4.44. The summed E-state index contributed by atoms with van der Waals surface area (Å²) < 4.78 is 62.3. The van der Waals surface area contributed by atoms with Gasteiger partial charge in [-0.25, -0.2) is 9.07 Å². The molecular weight excluding hydrogens is 464 g/mol. The highest BCUT2D eigenvalue weighted by molar-refractivity contribution is 5.94. The SMILES string of the molecule is Cn1nc(-c2cccc(F)c2)c2c(C(F)(F)F)cc(OCC(=O)N[C@H]3CCc4ccccc43)nc21. The number of pyridine rings is 1. The molecule has 1 amide bonds.